The molecule has 3 aromatic carbocycles. The zero-order valence-corrected chi connectivity index (χ0v) is 21.7. The summed E-state index contributed by atoms with van der Waals surface area (Å²) in [6.07, 6.45) is 0. The van der Waals surface area contributed by atoms with Gasteiger partial charge in [-0.3, -0.25) is 14.2 Å². The zero-order chi connectivity index (χ0) is 26.1. The van der Waals surface area contributed by atoms with Gasteiger partial charge in [-0.25, -0.2) is 4.98 Å². The molecule has 1 amide bonds. The van der Waals surface area contributed by atoms with E-state index < -0.39 is 0 Å². The van der Waals surface area contributed by atoms with Crippen LogP contribution in [-0.2, 0) is 4.79 Å². The third-order valence-electron chi connectivity index (χ3n) is 6.32. The van der Waals surface area contributed by atoms with Crippen molar-refractivity contribution >= 4 is 45.3 Å². The van der Waals surface area contributed by atoms with E-state index in [-0.39, 0.29) is 17.2 Å². The number of amides is 1. The molecular formula is C28H26N4O4S. The number of rotatable bonds is 7. The van der Waals surface area contributed by atoms with Crippen LogP contribution in [0.1, 0.15) is 11.1 Å². The van der Waals surface area contributed by atoms with Gasteiger partial charge in [0, 0.05) is 17.0 Å². The third-order valence-corrected chi connectivity index (χ3v) is 7.26. The average Bonchev–Trinajstić information content (AvgIpc) is 3.28. The van der Waals surface area contributed by atoms with Gasteiger partial charge in [0.05, 0.1) is 31.3 Å². The highest BCUT2D eigenvalue weighted by atomic mass is 32.2. The number of hydrogen-bond acceptors (Lipinski definition) is 6. The van der Waals surface area contributed by atoms with Crippen molar-refractivity contribution in [3.8, 4) is 17.2 Å². The Kier molecular flexibility index (Phi) is 6.62. The van der Waals surface area contributed by atoms with E-state index in [4.69, 9.17) is 14.5 Å². The average molecular weight is 515 g/mol. The number of carbonyl (C=O) groups is 1. The van der Waals surface area contributed by atoms with Gasteiger partial charge < -0.3 is 19.8 Å². The fourth-order valence-corrected chi connectivity index (χ4v) is 5.06. The summed E-state index contributed by atoms with van der Waals surface area (Å²) >= 11 is 1.20. The SMILES string of the molecule is COc1ccc(OC)c(NC(=O)CSc2nc3c([nH]c4ccccc43)c(=O)n2-c2cccc(C)c2C)c1. The first-order valence-electron chi connectivity index (χ1n) is 11.7. The van der Waals surface area contributed by atoms with Crippen molar-refractivity contribution in [2.75, 3.05) is 25.3 Å². The van der Waals surface area contributed by atoms with E-state index in [1.54, 1.807) is 29.9 Å². The number of anilines is 1. The molecule has 9 heteroatoms. The monoisotopic (exact) mass is 514 g/mol. The van der Waals surface area contributed by atoms with Crippen LogP contribution in [-0.4, -0.2) is 40.4 Å². The van der Waals surface area contributed by atoms with Crippen molar-refractivity contribution in [2.24, 2.45) is 0 Å². The second-order valence-corrected chi connectivity index (χ2v) is 9.49. The second kappa shape index (κ2) is 10.0. The highest BCUT2D eigenvalue weighted by Crippen LogP contribution is 2.30. The maximum atomic E-state index is 13.8. The Hall–Kier alpha value is -4.24. The molecule has 0 unspecified atom stereocenters. The van der Waals surface area contributed by atoms with Crippen LogP contribution in [0.15, 0.2) is 70.6 Å². The van der Waals surface area contributed by atoms with Crippen LogP contribution in [0.4, 0.5) is 5.69 Å². The second-order valence-electron chi connectivity index (χ2n) is 8.55. The van der Waals surface area contributed by atoms with Crippen LogP contribution in [0, 0.1) is 13.8 Å². The molecule has 0 radical (unpaired) electrons. The highest BCUT2D eigenvalue weighted by molar-refractivity contribution is 7.99. The fourth-order valence-electron chi connectivity index (χ4n) is 4.26. The van der Waals surface area contributed by atoms with Gasteiger partial charge >= 0.3 is 0 Å². The molecule has 37 heavy (non-hydrogen) atoms. The molecule has 2 aromatic heterocycles. The van der Waals surface area contributed by atoms with Crippen LogP contribution in [0.5, 0.6) is 11.5 Å². The Morgan fingerprint density at radius 1 is 1.05 bits per heavy atom. The molecule has 5 rings (SSSR count). The van der Waals surface area contributed by atoms with Crippen molar-refractivity contribution < 1.29 is 14.3 Å². The molecule has 0 aliphatic heterocycles. The molecule has 2 N–H and O–H groups in total. The third kappa shape index (κ3) is 4.53. The number of thioether (sulfide) groups is 1. The largest absolute Gasteiger partial charge is 0.497 e. The lowest BCUT2D eigenvalue weighted by molar-refractivity contribution is -0.113. The summed E-state index contributed by atoms with van der Waals surface area (Å²) in [4.78, 5) is 34.9. The number of nitrogens with zero attached hydrogens (tertiary/aromatic N) is 2. The predicted molar refractivity (Wildman–Crippen MR) is 148 cm³/mol. The van der Waals surface area contributed by atoms with E-state index in [9.17, 15) is 9.59 Å². The number of aromatic amines is 1. The number of benzene rings is 3. The number of methoxy groups -OCH3 is 2. The first-order chi connectivity index (χ1) is 17.9. The summed E-state index contributed by atoms with van der Waals surface area (Å²) < 4.78 is 12.2. The lowest BCUT2D eigenvalue weighted by Gasteiger charge is -2.16. The molecule has 0 aliphatic carbocycles. The van der Waals surface area contributed by atoms with Gasteiger partial charge in [-0.15, -0.1) is 0 Å². The molecule has 2 heterocycles. The maximum absolute atomic E-state index is 13.8. The first kappa shape index (κ1) is 24.5. The molecule has 0 saturated heterocycles. The van der Waals surface area contributed by atoms with E-state index in [1.807, 2.05) is 56.3 Å². The van der Waals surface area contributed by atoms with Crippen molar-refractivity contribution in [1.82, 2.24) is 14.5 Å². The van der Waals surface area contributed by atoms with Crippen molar-refractivity contribution in [3.63, 3.8) is 0 Å². The Bertz CT molecular complexity index is 1710. The Labute approximate surface area is 217 Å². The van der Waals surface area contributed by atoms with Gasteiger partial charge in [0.25, 0.3) is 5.56 Å². The topological polar surface area (TPSA) is 98.2 Å². The van der Waals surface area contributed by atoms with Gasteiger partial charge in [-0.05, 0) is 49.2 Å². The summed E-state index contributed by atoms with van der Waals surface area (Å²) in [6.45, 7) is 3.98. The summed E-state index contributed by atoms with van der Waals surface area (Å²) in [7, 11) is 3.10. The van der Waals surface area contributed by atoms with Gasteiger partial charge in [0.15, 0.2) is 5.16 Å². The Morgan fingerprint density at radius 3 is 2.65 bits per heavy atom. The van der Waals surface area contributed by atoms with Gasteiger partial charge in [0.1, 0.15) is 22.5 Å². The van der Waals surface area contributed by atoms with E-state index >= 15 is 0 Å². The number of nitrogens with one attached hydrogen (secondary N) is 2. The van der Waals surface area contributed by atoms with Crippen LogP contribution >= 0.6 is 11.8 Å². The van der Waals surface area contributed by atoms with E-state index in [1.165, 1.54) is 18.9 Å². The number of fused-ring (bicyclic) bond motifs is 3. The normalized spacial score (nSPS) is 11.1. The minimum Gasteiger partial charge on any atom is -0.497 e. The minimum atomic E-state index is -0.266. The number of H-pyrrole nitrogens is 1. The minimum absolute atomic E-state index is 0.0333. The molecular weight excluding hydrogens is 488 g/mol. The van der Waals surface area contributed by atoms with Gasteiger partial charge in [0.2, 0.25) is 5.91 Å². The Morgan fingerprint density at radius 2 is 1.86 bits per heavy atom. The van der Waals surface area contributed by atoms with Crippen molar-refractivity contribution in [2.45, 2.75) is 19.0 Å². The lowest BCUT2D eigenvalue weighted by Crippen LogP contribution is -2.24. The standard InChI is InChI=1S/C28H26N4O4S/c1-16-8-7-11-22(17(16)2)32-27(34)26-25(19-9-5-6-10-20(19)30-26)31-28(32)37-15-24(33)29-21-14-18(35-3)12-13-23(21)36-4/h5-14,30H,15H2,1-4H3,(H,29,33). The highest BCUT2D eigenvalue weighted by Gasteiger charge is 2.20. The lowest BCUT2D eigenvalue weighted by atomic mass is 10.1. The quantitative estimate of drug-likeness (QED) is 0.228. The predicted octanol–water partition coefficient (Wildman–Crippen LogP) is 5.23. The smallest absolute Gasteiger partial charge is 0.283 e. The number of hydrogen-bond donors (Lipinski definition) is 2. The summed E-state index contributed by atoms with van der Waals surface area (Å²) in [5.41, 5.74) is 4.88. The van der Waals surface area contributed by atoms with Crippen molar-refractivity contribution in [1.29, 1.82) is 0 Å². The van der Waals surface area contributed by atoms with Crippen LogP contribution in [0.25, 0.3) is 27.6 Å². The maximum Gasteiger partial charge on any atom is 0.283 e. The number of ether oxygens (including phenoxy) is 2. The number of aryl methyl sites for hydroxylation is 1. The molecule has 5 aromatic rings. The summed E-state index contributed by atoms with van der Waals surface area (Å²) in [6, 6.07) is 18.7. The summed E-state index contributed by atoms with van der Waals surface area (Å²) in [5, 5.41) is 4.17. The molecule has 0 saturated carbocycles. The zero-order valence-electron chi connectivity index (χ0n) is 20.9. The molecule has 0 bridgehead atoms. The van der Waals surface area contributed by atoms with Crippen LogP contribution < -0.4 is 20.3 Å². The fraction of sp³-hybridized carbons (Fsp3) is 0.179. The molecule has 0 fully saturated rings. The molecule has 0 atom stereocenters. The number of carbonyl (C=O) groups excluding carboxylic acids is 1. The number of aromatic nitrogens is 3. The molecule has 0 aliphatic rings. The molecule has 188 valence electrons. The van der Waals surface area contributed by atoms with Crippen LogP contribution in [0.2, 0.25) is 0 Å². The first-order valence-corrected chi connectivity index (χ1v) is 12.6. The number of para-hydroxylation sites is 1. The summed E-state index contributed by atoms with van der Waals surface area (Å²) in [5.74, 6) is 0.881. The van der Waals surface area contributed by atoms with Gasteiger partial charge in [-0.2, -0.15) is 0 Å². The van der Waals surface area contributed by atoms with E-state index in [2.05, 4.69) is 10.3 Å². The Balaban J connectivity index is 1.56. The van der Waals surface area contributed by atoms with Gasteiger partial charge in [-0.1, -0.05) is 42.1 Å². The molecule has 0 spiro atoms. The van der Waals surface area contributed by atoms with E-state index in [0.29, 0.717) is 33.4 Å². The molecule has 8 nitrogen and oxygen atoms in total. The van der Waals surface area contributed by atoms with Crippen molar-refractivity contribution in [3.05, 3.63) is 82.1 Å². The van der Waals surface area contributed by atoms with E-state index in [0.717, 1.165) is 27.7 Å². The van der Waals surface area contributed by atoms with Crippen LogP contribution in [0.3, 0.4) is 0 Å².